The lowest BCUT2D eigenvalue weighted by Crippen LogP contribution is -2.44. The standard InChI is InChI=1S/C16H20BrNO/c17-14-8-2-1-3-9-15(14)18-16(19)13-10-11-6-4-5-7-12(11)13/h4-7,13-15H,1-3,8-10H2,(H,18,19). The van der Waals surface area contributed by atoms with Crippen molar-refractivity contribution in [2.24, 2.45) is 0 Å². The summed E-state index contributed by atoms with van der Waals surface area (Å²) in [6.45, 7) is 0. The number of hydrogen-bond acceptors (Lipinski definition) is 1. The second kappa shape index (κ2) is 5.66. The zero-order valence-corrected chi connectivity index (χ0v) is 12.7. The van der Waals surface area contributed by atoms with E-state index in [1.807, 2.05) is 12.1 Å². The van der Waals surface area contributed by atoms with Crippen molar-refractivity contribution >= 4 is 21.8 Å². The van der Waals surface area contributed by atoms with Crippen LogP contribution in [0.4, 0.5) is 0 Å². The maximum atomic E-state index is 12.4. The first-order valence-electron chi connectivity index (χ1n) is 7.28. The van der Waals surface area contributed by atoms with E-state index in [4.69, 9.17) is 0 Å². The molecule has 1 aromatic carbocycles. The molecule has 2 nitrogen and oxygen atoms in total. The van der Waals surface area contributed by atoms with E-state index < -0.39 is 0 Å². The van der Waals surface area contributed by atoms with E-state index in [0.717, 1.165) is 12.8 Å². The normalized spacial score (nSPS) is 29.8. The summed E-state index contributed by atoms with van der Waals surface area (Å²) in [6.07, 6.45) is 6.98. The first-order chi connectivity index (χ1) is 9.25. The van der Waals surface area contributed by atoms with Crippen molar-refractivity contribution in [3.63, 3.8) is 0 Å². The zero-order chi connectivity index (χ0) is 13.2. The Morgan fingerprint density at radius 1 is 1.16 bits per heavy atom. The van der Waals surface area contributed by atoms with Crippen LogP contribution in [0, 0.1) is 0 Å². The fourth-order valence-electron chi connectivity index (χ4n) is 3.20. The quantitative estimate of drug-likeness (QED) is 0.655. The molecule has 1 aromatic rings. The SMILES string of the molecule is O=C(NC1CCCCCC1Br)C1Cc2ccccc21. The number of benzene rings is 1. The van der Waals surface area contributed by atoms with E-state index in [9.17, 15) is 4.79 Å². The highest BCUT2D eigenvalue weighted by Crippen LogP contribution is 2.35. The molecule has 1 fully saturated rings. The van der Waals surface area contributed by atoms with Crippen molar-refractivity contribution < 1.29 is 4.79 Å². The summed E-state index contributed by atoms with van der Waals surface area (Å²) in [6, 6.07) is 8.59. The van der Waals surface area contributed by atoms with Gasteiger partial charge in [-0.25, -0.2) is 0 Å². The molecule has 1 saturated carbocycles. The van der Waals surface area contributed by atoms with Crippen LogP contribution < -0.4 is 5.32 Å². The van der Waals surface area contributed by atoms with E-state index in [-0.39, 0.29) is 11.8 Å². The fraction of sp³-hybridized carbons (Fsp3) is 0.562. The van der Waals surface area contributed by atoms with Crippen LogP contribution in [-0.4, -0.2) is 16.8 Å². The van der Waals surface area contributed by atoms with Gasteiger partial charge in [0.15, 0.2) is 0 Å². The Hall–Kier alpha value is -0.830. The number of amides is 1. The first-order valence-corrected chi connectivity index (χ1v) is 8.19. The highest BCUT2D eigenvalue weighted by atomic mass is 79.9. The van der Waals surface area contributed by atoms with Gasteiger partial charge in [-0.3, -0.25) is 4.79 Å². The van der Waals surface area contributed by atoms with Crippen LogP contribution in [0.15, 0.2) is 24.3 Å². The molecule has 3 unspecified atom stereocenters. The van der Waals surface area contributed by atoms with E-state index in [1.165, 1.54) is 36.8 Å². The Morgan fingerprint density at radius 2 is 1.95 bits per heavy atom. The van der Waals surface area contributed by atoms with Gasteiger partial charge in [-0.1, -0.05) is 59.5 Å². The maximum absolute atomic E-state index is 12.4. The Labute approximate surface area is 123 Å². The zero-order valence-electron chi connectivity index (χ0n) is 11.1. The number of alkyl halides is 1. The van der Waals surface area contributed by atoms with Gasteiger partial charge in [0.1, 0.15) is 0 Å². The van der Waals surface area contributed by atoms with Crippen molar-refractivity contribution in [2.75, 3.05) is 0 Å². The van der Waals surface area contributed by atoms with Crippen molar-refractivity contribution in [1.29, 1.82) is 0 Å². The number of carbonyl (C=O) groups is 1. The Morgan fingerprint density at radius 3 is 2.79 bits per heavy atom. The molecule has 2 aliphatic carbocycles. The van der Waals surface area contributed by atoms with Gasteiger partial charge in [-0.2, -0.15) is 0 Å². The predicted molar refractivity (Wildman–Crippen MR) is 80.6 cm³/mol. The number of hydrogen-bond donors (Lipinski definition) is 1. The van der Waals surface area contributed by atoms with Crippen molar-refractivity contribution in [3.8, 4) is 0 Å². The van der Waals surface area contributed by atoms with E-state index in [2.05, 4.69) is 33.4 Å². The molecule has 0 spiro atoms. The van der Waals surface area contributed by atoms with Crippen LogP contribution in [0.1, 0.15) is 49.1 Å². The van der Waals surface area contributed by atoms with Gasteiger partial charge in [-0.05, 0) is 30.4 Å². The number of halogens is 1. The Balaban J connectivity index is 1.63. The maximum Gasteiger partial charge on any atom is 0.228 e. The summed E-state index contributed by atoms with van der Waals surface area (Å²) in [5, 5.41) is 3.27. The number of nitrogens with one attached hydrogen (secondary N) is 1. The van der Waals surface area contributed by atoms with Crippen molar-refractivity contribution in [3.05, 3.63) is 35.4 Å². The first kappa shape index (κ1) is 13.2. The Kier molecular flexibility index (Phi) is 3.92. The summed E-state index contributed by atoms with van der Waals surface area (Å²) in [5.41, 5.74) is 2.55. The number of rotatable bonds is 2. The van der Waals surface area contributed by atoms with Gasteiger partial charge in [-0.15, -0.1) is 0 Å². The molecule has 2 aliphatic rings. The minimum absolute atomic E-state index is 0.0825. The van der Waals surface area contributed by atoms with Crippen LogP contribution in [0.25, 0.3) is 0 Å². The lowest BCUT2D eigenvalue weighted by Gasteiger charge is -2.31. The fourth-order valence-corrected chi connectivity index (χ4v) is 3.92. The smallest absolute Gasteiger partial charge is 0.228 e. The topological polar surface area (TPSA) is 29.1 Å². The molecular weight excluding hydrogens is 302 g/mol. The molecule has 3 heteroatoms. The van der Waals surface area contributed by atoms with Crippen LogP contribution in [-0.2, 0) is 11.2 Å². The average Bonchev–Trinajstić information content (AvgIpc) is 2.57. The van der Waals surface area contributed by atoms with Gasteiger partial charge in [0, 0.05) is 10.9 Å². The lowest BCUT2D eigenvalue weighted by atomic mass is 9.77. The van der Waals surface area contributed by atoms with Crippen LogP contribution in [0.2, 0.25) is 0 Å². The van der Waals surface area contributed by atoms with Gasteiger partial charge >= 0.3 is 0 Å². The van der Waals surface area contributed by atoms with Gasteiger partial charge in [0.05, 0.1) is 5.92 Å². The third-order valence-electron chi connectivity index (χ3n) is 4.43. The molecule has 3 atom stereocenters. The minimum Gasteiger partial charge on any atom is -0.352 e. The van der Waals surface area contributed by atoms with Gasteiger partial charge < -0.3 is 5.32 Å². The molecule has 3 rings (SSSR count). The molecule has 0 radical (unpaired) electrons. The third-order valence-corrected chi connectivity index (χ3v) is 5.53. The highest BCUT2D eigenvalue weighted by molar-refractivity contribution is 9.09. The highest BCUT2D eigenvalue weighted by Gasteiger charge is 2.33. The second-order valence-corrected chi connectivity index (χ2v) is 6.90. The number of fused-ring (bicyclic) bond motifs is 1. The molecule has 102 valence electrons. The monoisotopic (exact) mass is 321 g/mol. The van der Waals surface area contributed by atoms with E-state index >= 15 is 0 Å². The molecule has 0 saturated heterocycles. The van der Waals surface area contributed by atoms with E-state index in [0.29, 0.717) is 10.9 Å². The molecular formula is C16H20BrNO. The summed E-state index contributed by atoms with van der Waals surface area (Å²) in [4.78, 5) is 12.8. The predicted octanol–water partition coefficient (Wildman–Crippen LogP) is 3.54. The molecule has 1 N–H and O–H groups in total. The molecule has 0 aliphatic heterocycles. The third kappa shape index (κ3) is 2.71. The summed E-state index contributed by atoms with van der Waals surface area (Å²) in [7, 11) is 0. The minimum atomic E-state index is 0.0825. The van der Waals surface area contributed by atoms with Crippen molar-refractivity contribution in [1.82, 2.24) is 5.32 Å². The second-order valence-electron chi connectivity index (χ2n) is 5.72. The molecule has 0 bridgehead atoms. The van der Waals surface area contributed by atoms with Gasteiger partial charge in [0.25, 0.3) is 0 Å². The number of carbonyl (C=O) groups excluding carboxylic acids is 1. The molecule has 0 aromatic heterocycles. The Bertz CT molecular complexity index is 474. The molecule has 0 heterocycles. The largest absolute Gasteiger partial charge is 0.352 e. The van der Waals surface area contributed by atoms with Crippen LogP contribution in [0.5, 0.6) is 0 Å². The molecule has 1 amide bonds. The lowest BCUT2D eigenvalue weighted by molar-refractivity contribution is -0.123. The summed E-state index contributed by atoms with van der Waals surface area (Å²) in [5.74, 6) is 0.300. The van der Waals surface area contributed by atoms with Gasteiger partial charge in [0.2, 0.25) is 5.91 Å². The van der Waals surface area contributed by atoms with Crippen LogP contribution >= 0.6 is 15.9 Å². The summed E-state index contributed by atoms with van der Waals surface area (Å²) >= 11 is 3.74. The molecule has 19 heavy (non-hydrogen) atoms. The van der Waals surface area contributed by atoms with Crippen LogP contribution in [0.3, 0.4) is 0 Å². The van der Waals surface area contributed by atoms with E-state index in [1.54, 1.807) is 0 Å². The summed E-state index contributed by atoms with van der Waals surface area (Å²) < 4.78 is 0. The van der Waals surface area contributed by atoms with Crippen molar-refractivity contribution in [2.45, 2.75) is 55.3 Å². The average molecular weight is 322 g/mol.